The zero-order valence-corrected chi connectivity index (χ0v) is 12.9. The van der Waals surface area contributed by atoms with Gasteiger partial charge >= 0.3 is 0 Å². The number of aryl methyl sites for hydroxylation is 2. The van der Waals surface area contributed by atoms with Crippen LogP contribution in [0.15, 0.2) is 18.2 Å². The van der Waals surface area contributed by atoms with Crippen LogP contribution in [0.2, 0.25) is 0 Å². The molecule has 0 spiro atoms. The molecule has 3 unspecified atom stereocenters. The van der Waals surface area contributed by atoms with Gasteiger partial charge in [0.25, 0.3) is 0 Å². The van der Waals surface area contributed by atoms with Crippen molar-refractivity contribution in [3.8, 4) is 0 Å². The van der Waals surface area contributed by atoms with E-state index in [4.69, 9.17) is 15.2 Å². The Morgan fingerprint density at radius 3 is 2.05 bits per heavy atom. The van der Waals surface area contributed by atoms with Crippen molar-refractivity contribution in [1.82, 2.24) is 4.90 Å². The Balaban J connectivity index is 2.25. The van der Waals surface area contributed by atoms with Gasteiger partial charge in [0.15, 0.2) is 0 Å². The molecule has 0 aliphatic carbocycles. The van der Waals surface area contributed by atoms with Crippen LogP contribution in [-0.2, 0) is 9.47 Å². The Hall–Kier alpha value is -0.940. The van der Waals surface area contributed by atoms with Crippen LogP contribution < -0.4 is 5.73 Å². The predicted octanol–water partition coefficient (Wildman–Crippen LogP) is 1.65. The molecule has 2 N–H and O–H groups in total. The van der Waals surface area contributed by atoms with Gasteiger partial charge in [0.1, 0.15) is 0 Å². The summed E-state index contributed by atoms with van der Waals surface area (Å²) in [5.74, 6) is 0. The van der Waals surface area contributed by atoms with E-state index in [0.717, 1.165) is 13.1 Å². The number of nitrogens with zero attached hydrogens (tertiary/aromatic N) is 1. The van der Waals surface area contributed by atoms with Crippen molar-refractivity contribution in [3.63, 3.8) is 0 Å². The average Bonchev–Trinajstić information content (AvgIpc) is 2.86. The van der Waals surface area contributed by atoms with Crippen LogP contribution in [0.25, 0.3) is 0 Å². The number of benzene rings is 1. The molecule has 1 saturated heterocycles. The van der Waals surface area contributed by atoms with Gasteiger partial charge in [0, 0.05) is 39.9 Å². The Morgan fingerprint density at radius 1 is 1.15 bits per heavy atom. The minimum Gasteiger partial charge on any atom is -0.377 e. The van der Waals surface area contributed by atoms with Gasteiger partial charge in [-0.15, -0.1) is 0 Å². The van der Waals surface area contributed by atoms with E-state index in [-0.39, 0.29) is 18.2 Å². The van der Waals surface area contributed by atoms with Gasteiger partial charge in [-0.1, -0.05) is 18.2 Å². The lowest BCUT2D eigenvalue weighted by atomic mass is 9.95. The first kappa shape index (κ1) is 15.4. The van der Waals surface area contributed by atoms with Gasteiger partial charge in [-0.3, -0.25) is 4.90 Å². The van der Waals surface area contributed by atoms with Crippen molar-refractivity contribution in [2.75, 3.05) is 33.9 Å². The van der Waals surface area contributed by atoms with Gasteiger partial charge in [0.2, 0.25) is 0 Å². The van der Waals surface area contributed by atoms with E-state index in [2.05, 4.69) is 36.9 Å². The molecule has 0 bridgehead atoms. The Morgan fingerprint density at radius 2 is 1.65 bits per heavy atom. The van der Waals surface area contributed by atoms with Gasteiger partial charge in [-0.25, -0.2) is 0 Å². The lowest BCUT2D eigenvalue weighted by molar-refractivity contribution is -0.00461. The van der Waals surface area contributed by atoms with Crippen molar-refractivity contribution in [1.29, 1.82) is 0 Å². The van der Waals surface area contributed by atoms with E-state index in [0.29, 0.717) is 6.54 Å². The summed E-state index contributed by atoms with van der Waals surface area (Å²) in [5.41, 5.74) is 10.0. The molecule has 0 radical (unpaired) electrons. The summed E-state index contributed by atoms with van der Waals surface area (Å²) in [7, 11) is 3.49. The molecule has 0 aromatic heterocycles. The molecule has 4 nitrogen and oxygen atoms in total. The highest BCUT2D eigenvalue weighted by Gasteiger charge is 2.37. The average molecular weight is 278 g/mol. The molecule has 2 rings (SSSR count). The summed E-state index contributed by atoms with van der Waals surface area (Å²) in [6.45, 7) is 6.65. The number of ether oxygens (including phenoxy) is 2. The lowest BCUT2D eigenvalue weighted by Gasteiger charge is -2.29. The largest absolute Gasteiger partial charge is 0.377 e. The molecule has 1 fully saturated rings. The zero-order valence-electron chi connectivity index (χ0n) is 12.9. The van der Waals surface area contributed by atoms with Crippen molar-refractivity contribution >= 4 is 0 Å². The van der Waals surface area contributed by atoms with Crippen LogP contribution in [0.3, 0.4) is 0 Å². The molecule has 1 aliphatic rings. The molecule has 1 aliphatic heterocycles. The van der Waals surface area contributed by atoms with E-state index < -0.39 is 0 Å². The van der Waals surface area contributed by atoms with Crippen molar-refractivity contribution < 1.29 is 9.47 Å². The highest BCUT2D eigenvalue weighted by Crippen LogP contribution is 2.30. The fraction of sp³-hybridized carbons (Fsp3) is 0.625. The van der Waals surface area contributed by atoms with Gasteiger partial charge in [-0.2, -0.15) is 0 Å². The Bertz CT molecular complexity index is 418. The molecule has 1 aromatic carbocycles. The molecular formula is C16H26N2O2. The third kappa shape index (κ3) is 2.88. The first-order valence-electron chi connectivity index (χ1n) is 7.18. The van der Waals surface area contributed by atoms with Crippen LogP contribution in [0.4, 0.5) is 0 Å². The standard InChI is InChI=1S/C16H26N2O2/c1-11-6-5-7-12(2)16(11)13(8-17)18-9-14(19-3)15(10-18)20-4/h5-7,13-15H,8-10,17H2,1-4H3. The van der Waals surface area contributed by atoms with Gasteiger partial charge < -0.3 is 15.2 Å². The highest BCUT2D eigenvalue weighted by molar-refractivity contribution is 5.36. The molecule has 20 heavy (non-hydrogen) atoms. The van der Waals surface area contributed by atoms with Crippen molar-refractivity contribution in [2.24, 2.45) is 5.73 Å². The summed E-state index contributed by atoms with van der Waals surface area (Å²) in [5, 5.41) is 0. The normalized spacial score (nSPS) is 25.1. The van der Waals surface area contributed by atoms with Crippen LogP contribution in [0.1, 0.15) is 22.7 Å². The van der Waals surface area contributed by atoms with E-state index in [1.807, 2.05) is 0 Å². The maximum absolute atomic E-state index is 6.07. The van der Waals surface area contributed by atoms with E-state index in [1.54, 1.807) is 14.2 Å². The monoisotopic (exact) mass is 278 g/mol. The number of likely N-dealkylation sites (tertiary alicyclic amines) is 1. The Kier molecular flexibility index (Phi) is 5.16. The quantitative estimate of drug-likeness (QED) is 0.889. The summed E-state index contributed by atoms with van der Waals surface area (Å²) < 4.78 is 11.1. The Labute approximate surface area is 121 Å². The second-order valence-corrected chi connectivity index (χ2v) is 5.56. The minimum absolute atomic E-state index is 0.123. The lowest BCUT2D eigenvalue weighted by Crippen LogP contribution is -2.34. The van der Waals surface area contributed by atoms with Gasteiger partial charge in [-0.05, 0) is 30.5 Å². The smallest absolute Gasteiger partial charge is 0.0972 e. The SMILES string of the molecule is COC1CN(C(CN)c2c(C)cccc2C)CC1OC. The highest BCUT2D eigenvalue weighted by atomic mass is 16.5. The fourth-order valence-corrected chi connectivity index (χ4v) is 3.28. The van der Waals surface area contributed by atoms with Crippen molar-refractivity contribution in [3.05, 3.63) is 34.9 Å². The van der Waals surface area contributed by atoms with Crippen LogP contribution in [0.5, 0.6) is 0 Å². The molecule has 0 saturated carbocycles. The van der Waals surface area contributed by atoms with E-state index >= 15 is 0 Å². The summed E-state index contributed by atoms with van der Waals surface area (Å²) in [6, 6.07) is 6.64. The zero-order chi connectivity index (χ0) is 14.7. The third-order valence-corrected chi connectivity index (χ3v) is 4.39. The number of hydrogen-bond acceptors (Lipinski definition) is 4. The van der Waals surface area contributed by atoms with E-state index in [1.165, 1.54) is 16.7 Å². The first-order chi connectivity index (χ1) is 9.62. The van der Waals surface area contributed by atoms with Crippen LogP contribution >= 0.6 is 0 Å². The molecule has 112 valence electrons. The second-order valence-electron chi connectivity index (χ2n) is 5.56. The summed E-state index contributed by atoms with van der Waals surface area (Å²) in [6.07, 6.45) is 0.247. The third-order valence-electron chi connectivity index (χ3n) is 4.39. The van der Waals surface area contributed by atoms with Gasteiger partial charge in [0.05, 0.1) is 12.2 Å². The first-order valence-corrected chi connectivity index (χ1v) is 7.18. The second kappa shape index (κ2) is 6.68. The number of methoxy groups -OCH3 is 2. The number of nitrogens with two attached hydrogens (primary N) is 1. The minimum atomic E-state index is 0.123. The molecule has 0 amide bonds. The topological polar surface area (TPSA) is 47.7 Å². The molecular weight excluding hydrogens is 252 g/mol. The maximum Gasteiger partial charge on any atom is 0.0972 e. The van der Waals surface area contributed by atoms with Crippen LogP contribution in [0, 0.1) is 13.8 Å². The molecule has 1 aromatic rings. The number of hydrogen-bond donors (Lipinski definition) is 1. The molecule has 3 atom stereocenters. The van der Waals surface area contributed by atoms with E-state index in [9.17, 15) is 0 Å². The van der Waals surface area contributed by atoms with Crippen LogP contribution in [-0.4, -0.2) is 51.0 Å². The maximum atomic E-state index is 6.07. The summed E-state index contributed by atoms with van der Waals surface area (Å²) in [4.78, 5) is 2.39. The molecule has 4 heteroatoms. The fourth-order valence-electron chi connectivity index (χ4n) is 3.28. The molecule has 1 heterocycles. The summed E-state index contributed by atoms with van der Waals surface area (Å²) >= 11 is 0. The van der Waals surface area contributed by atoms with Crippen molar-refractivity contribution in [2.45, 2.75) is 32.1 Å². The predicted molar refractivity (Wildman–Crippen MR) is 80.9 cm³/mol. The number of rotatable bonds is 5.